The van der Waals surface area contributed by atoms with Crippen molar-refractivity contribution in [3.05, 3.63) is 0 Å². The van der Waals surface area contributed by atoms with Crippen LogP contribution in [0.15, 0.2) is 0 Å². The molecule has 0 aliphatic heterocycles. The molecule has 0 saturated carbocycles. The van der Waals surface area contributed by atoms with E-state index in [2.05, 4.69) is 41.5 Å². The highest BCUT2D eigenvalue weighted by molar-refractivity contribution is 5.71. The second kappa shape index (κ2) is 55.2. The first kappa shape index (κ1) is 68.4. The van der Waals surface area contributed by atoms with Crippen LogP contribution in [0.25, 0.3) is 0 Å². The van der Waals surface area contributed by atoms with Crippen molar-refractivity contribution < 1.29 is 28.6 Å². The Morgan fingerprint density at radius 3 is 0.743 bits per heavy atom. The van der Waals surface area contributed by atoms with Crippen molar-refractivity contribution in [2.24, 2.45) is 17.8 Å². The molecule has 0 aromatic heterocycles. The molecule has 0 heterocycles. The van der Waals surface area contributed by atoms with Crippen molar-refractivity contribution in [2.45, 2.75) is 362 Å². The monoisotopic (exact) mass is 989 g/mol. The molecule has 0 spiro atoms. The van der Waals surface area contributed by atoms with Gasteiger partial charge in [-0.3, -0.25) is 14.4 Å². The van der Waals surface area contributed by atoms with Crippen LogP contribution in [-0.2, 0) is 28.6 Å². The summed E-state index contributed by atoms with van der Waals surface area (Å²) in [6.07, 6.45) is 59.5. The Hall–Kier alpha value is -1.59. The van der Waals surface area contributed by atoms with Gasteiger partial charge in [-0.05, 0) is 37.0 Å². The Balaban J connectivity index is 4.24. The second-order valence-electron chi connectivity index (χ2n) is 23.0. The van der Waals surface area contributed by atoms with Gasteiger partial charge in [0.15, 0.2) is 6.10 Å². The Labute approximate surface area is 438 Å². The van der Waals surface area contributed by atoms with E-state index in [1.165, 1.54) is 238 Å². The molecule has 0 aromatic rings. The van der Waals surface area contributed by atoms with E-state index in [9.17, 15) is 14.4 Å². The van der Waals surface area contributed by atoms with Crippen LogP contribution >= 0.6 is 0 Å². The van der Waals surface area contributed by atoms with E-state index in [-0.39, 0.29) is 31.1 Å². The van der Waals surface area contributed by atoms with Crippen molar-refractivity contribution in [2.75, 3.05) is 13.2 Å². The van der Waals surface area contributed by atoms with Crippen molar-refractivity contribution in [1.29, 1.82) is 0 Å². The maximum atomic E-state index is 12.9. The van der Waals surface area contributed by atoms with Crippen LogP contribution in [0, 0.1) is 17.8 Å². The van der Waals surface area contributed by atoms with Crippen LogP contribution in [0.3, 0.4) is 0 Å². The van der Waals surface area contributed by atoms with Crippen LogP contribution in [0.2, 0.25) is 0 Å². The van der Waals surface area contributed by atoms with E-state index < -0.39 is 6.10 Å². The van der Waals surface area contributed by atoms with Gasteiger partial charge in [0, 0.05) is 19.3 Å². The lowest BCUT2D eigenvalue weighted by Gasteiger charge is -2.18. The van der Waals surface area contributed by atoms with Gasteiger partial charge in [-0.25, -0.2) is 0 Å². The van der Waals surface area contributed by atoms with Crippen LogP contribution < -0.4 is 0 Å². The fraction of sp³-hybridized carbons (Fsp3) is 0.953. The summed E-state index contributed by atoms with van der Waals surface area (Å²) in [6, 6.07) is 0. The maximum absolute atomic E-state index is 12.9. The number of hydrogen-bond acceptors (Lipinski definition) is 6. The van der Waals surface area contributed by atoms with E-state index in [0.29, 0.717) is 19.3 Å². The molecule has 0 saturated heterocycles. The third-order valence-corrected chi connectivity index (χ3v) is 15.4. The Morgan fingerprint density at radius 2 is 0.500 bits per heavy atom. The highest BCUT2D eigenvalue weighted by atomic mass is 16.6. The van der Waals surface area contributed by atoms with Gasteiger partial charge < -0.3 is 14.2 Å². The van der Waals surface area contributed by atoms with E-state index in [4.69, 9.17) is 14.2 Å². The van der Waals surface area contributed by atoms with Crippen molar-refractivity contribution in [3.8, 4) is 0 Å². The highest BCUT2D eigenvalue weighted by Crippen LogP contribution is 2.20. The van der Waals surface area contributed by atoms with Gasteiger partial charge in [-0.1, -0.05) is 318 Å². The normalized spacial score (nSPS) is 12.9. The molecule has 0 bridgehead atoms. The Morgan fingerprint density at radius 1 is 0.286 bits per heavy atom. The Bertz CT molecular complexity index is 1090. The topological polar surface area (TPSA) is 78.9 Å². The molecule has 0 amide bonds. The molecule has 6 nitrogen and oxygen atoms in total. The zero-order chi connectivity index (χ0) is 51.2. The fourth-order valence-electron chi connectivity index (χ4n) is 9.82. The number of carbonyl (C=O) groups excluding carboxylic acids is 3. The summed E-state index contributed by atoms with van der Waals surface area (Å²) in [4.78, 5) is 38.2. The Kier molecular flexibility index (Phi) is 53.9. The predicted molar refractivity (Wildman–Crippen MR) is 303 cm³/mol. The zero-order valence-corrected chi connectivity index (χ0v) is 48.3. The van der Waals surface area contributed by atoms with Gasteiger partial charge in [0.2, 0.25) is 0 Å². The predicted octanol–water partition coefficient (Wildman–Crippen LogP) is 21.1. The molecule has 0 fully saturated rings. The summed E-state index contributed by atoms with van der Waals surface area (Å²) in [5.41, 5.74) is 0. The molecule has 0 aliphatic rings. The van der Waals surface area contributed by atoms with Crippen LogP contribution in [-0.4, -0.2) is 37.2 Å². The summed E-state index contributed by atoms with van der Waals surface area (Å²) >= 11 is 0. The van der Waals surface area contributed by atoms with E-state index in [1.54, 1.807) is 0 Å². The average molecular weight is 990 g/mol. The first-order valence-corrected chi connectivity index (χ1v) is 31.7. The van der Waals surface area contributed by atoms with E-state index in [0.717, 1.165) is 75.5 Å². The van der Waals surface area contributed by atoms with E-state index in [1.807, 2.05) is 0 Å². The van der Waals surface area contributed by atoms with Crippen LogP contribution in [0.4, 0.5) is 0 Å². The first-order valence-electron chi connectivity index (χ1n) is 31.7. The fourth-order valence-corrected chi connectivity index (χ4v) is 9.82. The molecule has 0 aromatic carbocycles. The average Bonchev–Trinajstić information content (AvgIpc) is 3.35. The van der Waals surface area contributed by atoms with Gasteiger partial charge in [0.25, 0.3) is 0 Å². The van der Waals surface area contributed by atoms with Crippen molar-refractivity contribution in [1.82, 2.24) is 0 Å². The number of ether oxygens (including phenoxy) is 3. The molecule has 0 radical (unpaired) electrons. The lowest BCUT2D eigenvalue weighted by Crippen LogP contribution is -2.30. The summed E-state index contributed by atoms with van der Waals surface area (Å²) in [5, 5.41) is 0. The van der Waals surface area contributed by atoms with Crippen LogP contribution in [0.1, 0.15) is 356 Å². The number of hydrogen-bond donors (Lipinski definition) is 0. The van der Waals surface area contributed by atoms with Gasteiger partial charge in [0.05, 0.1) is 0 Å². The summed E-state index contributed by atoms with van der Waals surface area (Å²) in [6.45, 7) is 13.8. The molecular weight excluding hydrogens is 865 g/mol. The van der Waals surface area contributed by atoms with Gasteiger partial charge in [-0.15, -0.1) is 0 Å². The van der Waals surface area contributed by atoms with Crippen molar-refractivity contribution >= 4 is 17.9 Å². The molecule has 0 rings (SSSR count). The molecule has 70 heavy (non-hydrogen) atoms. The SMILES string of the molecule is CCC(C)CCCCCCCCCCCCCCCCCCCCC(=O)OC[C@@H](COC(=O)CCCCCCCCCCCC(C)C)OC(=O)CCCCCCCCCCCCCCCCC(C)CC. The number of rotatable bonds is 57. The standard InChI is InChI=1S/C64H124O6/c1-7-59(5)51-45-39-33-27-21-17-13-11-9-10-12-14-19-23-29-35-41-47-53-62(65)68-56-61(57-69-63(66)54-48-42-36-31-25-26-32-38-44-50-58(3)4)70-64(67)55-49-43-37-30-24-20-16-15-18-22-28-34-40-46-52-60(6)8-2/h58-61H,7-57H2,1-6H3/t59?,60?,61-/m0/s1. The summed E-state index contributed by atoms with van der Waals surface area (Å²) in [5.74, 6) is 1.77. The smallest absolute Gasteiger partial charge is 0.306 e. The molecule has 2 unspecified atom stereocenters. The highest BCUT2D eigenvalue weighted by Gasteiger charge is 2.19. The number of esters is 3. The summed E-state index contributed by atoms with van der Waals surface area (Å²) < 4.78 is 16.9. The van der Waals surface area contributed by atoms with Crippen molar-refractivity contribution in [3.63, 3.8) is 0 Å². The van der Waals surface area contributed by atoms with Crippen LogP contribution in [0.5, 0.6) is 0 Å². The minimum Gasteiger partial charge on any atom is -0.462 e. The molecule has 0 N–H and O–H groups in total. The minimum absolute atomic E-state index is 0.0630. The van der Waals surface area contributed by atoms with E-state index >= 15 is 0 Å². The maximum Gasteiger partial charge on any atom is 0.306 e. The third-order valence-electron chi connectivity index (χ3n) is 15.4. The van der Waals surface area contributed by atoms with Gasteiger partial charge in [-0.2, -0.15) is 0 Å². The number of unbranched alkanes of at least 4 members (excludes halogenated alkanes) is 38. The number of carbonyl (C=O) groups is 3. The lowest BCUT2D eigenvalue weighted by molar-refractivity contribution is -0.167. The largest absolute Gasteiger partial charge is 0.462 e. The lowest BCUT2D eigenvalue weighted by atomic mass is 9.99. The molecule has 3 atom stereocenters. The molecule has 0 aliphatic carbocycles. The third kappa shape index (κ3) is 54.2. The molecule has 6 heteroatoms. The summed E-state index contributed by atoms with van der Waals surface area (Å²) in [7, 11) is 0. The van der Waals surface area contributed by atoms with Gasteiger partial charge in [0.1, 0.15) is 13.2 Å². The second-order valence-corrected chi connectivity index (χ2v) is 23.0. The quantitative estimate of drug-likeness (QED) is 0.0343. The first-order chi connectivity index (χ1) is 34.2. The minimum atomic E-state index is -0.764. The molecular formula is C64H124O6. The van der Waals surface area contributed by atoms with Gasteiger partial charge >= 0.3 is 17.9 Å². The zero-order valence-electron chi connectivity index (χ0n) is 48.3. The molecule has 416 valence electrons.